The SMILES string of the molecule is N#Cc1ccc(CCC(=O)Cc2ccccc2CBr)cc1. The van der Waals surface area contributed by atoms with Crippen molar-refractivity contribution in [2.45, 2.75) is 24.6 Å². The number of carbonyl (C=O) groups excluding carboxylic acids is 1. The molecule has 0 fully saturated rings. The number of alkyl halides is 1. The second-order valence-corrected chi connectivity index (χ2v) is 5.49. The number of carbonyl (C=O) groups is 1. The molecule has 0 aliphatic carbocycles. The maximum atomic E-state index is 12.1. The lowest BCUT2D eigenvalue weighted by molar-refractivity contribution is -0.118. The summed E-state index contributed by atoms with van der Waals surface area (Å²) in [5.74, 6) is 0.243. The van der Waals surface area contributed by atoms with Crippen LogP contribution >= 0.6 is 15.9 Å². The van der Waals surface area contributed by atoms with Gasteiger partial charge in [0.25, 0.3) is 0 Å². The number of hydrogen-bond acceptors (Lipinski definition) is 2. The van der Waals surface area contributed by atoms with Gasteiger partial charge >= 0.3 is 0 Å². The Labute approximate surface area is 133 Å². The Balaban J connectivity index is 1.91. The van der Waals surface area contributed by atoms with Crippen molar-refractivity contribution in [3.05, 3.63) is 70.8 Å². The molecule has 0 aliphatic heterocycles. The van der Waals surface area contributed by atoms with E-state index >= 15 is 0 Å². The molecule has 0 spiro atoms. The van der Waals surface area contributed by atoms with Crippen LogP contribution in [0.5, 0.6) is 0 Å². The minimum absolute atomic E-state index is 0.243. The molecule has 0 aliphatic rings. The third-order valence-electron chi connectivity index (χ3n) is 3.43. The molecule has 21 heavy (non-hydrogen) atoms. The van der Waals surface area contributed by atoms with Crippen molar-refractivity contribution in [1.82, 2.24) is 0 Å². The normalized spacial score (nSPS) is 10.1. The first-order valence-electron chi connectivity index (χ1n) is 6.86. The zero-order chi connectivity index (χ0) is 15.1. The van der Waals surface area contributed by atoms with E-state index < -0.39 is 0 Å². The number of nitriles is 1. The van der Waals surface area contributed by atoms with Crippen LogP contribution in [0.1, 0.15) is 28.7 Å². The van der Waals surface area contributed by atoms with Gasteiger partial charge in [-0.2, -0.15) is 5.26 Å². The fourth-order valence-corrected chi connectivity index (χ4v) is 2.74. The van der Waals surface area contributed by atoms with Crippen LogP contribution in [0.2, 0.25) is 0 Å². The van der Waals surface area contributed by atoms with Crippen molar-refractivity contribution in [1.29, 1.82) is 5.26 Å². The first-order valence-corrected chi connectivity index (χ1v) is 7.98. The Morgan fingerprint density at radius 1 is 1.05 bits per heavy atom. The number of benzene rings is 2. The summed E-state index contributed by atoms with van der Waals surface area (Å²) in [4.78, 5) is 12.1. The van der Waals surface area contributed by atoms with Gasteiger partial charge in [0.05, 0.1) is 11.6 Å². The molecule has 2 nitrogen and oxygen atoms in total. The second kappa shape index (κ2) is 7.75. The number of nitrogens with zero attached hydrogens (tertiary/aromatic N) is 1. The summed E-state index contributed by atoms with van der Waals surface area (Å²) in [7, 11) is 0. The summed E-state index contributed by atoms with van der Waals surface area (Å²) in [5, 5.41) is 9.52. The molecule has 0 bridgehead atoms. The smallest absolute Gasteiger partial charge is 0.137 e. The number of hydrogen-bond donors (Lipinski definition) is 0. The van der Waals surface area contributed by atoms with E-state index in [0.29, 0.717) is 18.4 Å². The number of rotatable bonds is 6. The summed E-state index contributed by atoms with van der Waals surface area (Å²) in [6, 6.07) is 17.5. The van der Waals surface area contributed by atoms with E-state index in [2.05, 4.69) is 22.0 Å². The van der Waals surface area contributed by atoms with E-state index in [9.17, 15) is 4.79 Å². The fourth-order valence-electron chi connectivity index (χ4n) is 2.19. The van der Waals surface area contributed by atoms with Crippen LogP contribution in [-0.2, 0) is 23.0 Å². The van der Waals surface area contributed by atoms with Gasteiger partial charge < -0.3 is 0 Å². The van der Waals surface area contributed by atoms with Gasteiger partial charge in [0.2, 0.25) is 0 Å². The van der Waals surface area contributed by atoms with Crippen molar-refractivity contribution in [3.8, 4) is 6.07 Å². The Bertz CT molecular complexity index is 656. The maximum absolute atomic E-state index is 12.1. The quantitative estimate of drug-likeness (QED) is 0.739. The Morgan fingerprint density at radius 3 is 2.33 bits per heavy atom. The number of ketones is 1. The van der Waals surface area contributed by atoms with Crippen LogP contribution in [-0.4, -0.2) is 5.78 Å². The van der Waals surface area contributed by atoms with E-state index in [-0.39, 0.29) is 5.78 Å². The lowest BCUT2D eigenvalue weighted by Crippen LogP contribution is -2.06. The number of aryl methyl sites for hydroxylation is 1. The van der Waals surface area contributed by atoms with Gasteiger partial charge in [0.1, 0.15) is 5.78 Å². The zero-order valence-corrected chi connectivity index (χ0v) is 13.3. The standard InChI is InChI=1S/C18H16BrNO/c19-12-17-4-2-1-3-16(17)11-18(21)10-9-14-5-7-15(13-20)8-6-14/h1-8H,9-12H2. The van der Waals surface area contributed by atoms with E-state index in [4.69, 9.17) is 5.26 Å². The fraction of sp³-hybridized carbons (Fsp3) is 0.222. The Hall–Kier alpha value is -1.92. The average Bonchev–Trinajstić information content (AvgIpc) is 2.54. The summed E-state index contributed by atoms with van der Waals surface area (Å²) in [6.07, 6.45) is 1.74. The molecule has 3 heteroatoms. The molecule has 0 aromatic heterocycles. The van der Waals surface area contributed by atoms with Crippen LogP contribution < -0.4 is 0 Å². The second-order valence-electron chi connectivity index (χ2n) is 4.93. The molecule has 0 radical (unpaired) electrons. The minimum atomic E-state index is 0.243. The third kappa shape index (κ3) is 4.54. The molecule has 0 unspecified atom stereocenters. The molecular formula is C18H16BrNO. The first-order chi connectivity index (χ1) is 10.2. The average molecular weight is 342 g/mol. The summed E-state index contributed by atoms with van der Waals surface area (Å²) in [5.41, 5.74) is 4.01. The highest BCUT2D eigenvalue weighted by Crippen LogP contribution is 2.15. The van der Waals surface area contributed by atoms with Crippen molar-refractivity contribution < 1.29 is 4.79 Å². The molecule has 0 atom stereocenters. The zero-order valence-electron chi connectivity index (χ0n) is 11.7. The van der Waals surface area contributed by atoms with E-state index in [0.717, 1.165) is 22.9 Å². The van der Waals surface area contributed by atoms with Crippen molar-refractivity contribution in [2.24, 2.45) is 0 Å². The molecule has 0 saturated carbocycles. The van der Waals surface area contributed by atoms with Crippen molar-refractivity contribution in [3.63, 3.8) is 0 Å². The summed E-state index contributed by atoms with van der Waals surface area (Å²) < 4.78 is 0. The molecule has 0 amide bonds. The van der Waals surface area contributed by atoms with Gasteiger partial charge in [-0.3, -0.25) is 4.79 Å². The predicted octanol–water partition coefficient (Wildman–Crippen LogP) is 4.20. The van der Waals surface area contributed by atoms with Gasteiger partial charge in [-0.1, -0.05) is 52.3 Å². The summed E-state index contributed by atoms with van der Waals surface area (Å²) in [6.45, 7) is 0. The highest BCUT2D eigenvalue weighted by atomic mass is 79.9. The highest BCUT2D eigenvalue weighted by Gasteiger charge is 2.07. The Kier molecular flexibility index (Phi) is 5.71. The molecule has 2 aromatic rings. The van der Waals surface area contributed by atoms with Crippen LogP contribution in [0.4, 0.5) is 0 Å². The minimum Gasteiger partial charge on any atom is -0.299 e. The van der Waals surface area contributed by atoms with E-state index in [1.807, 2.05) is 36.4 Å². The lowest BCUT2D eigenvalue weighted by atomic mass is 9.99. The van der Waals surface area contributed by atoms with Gasteiger partial charge in [-0.25, -0.2) is 0 Å². The highest BCUT2D eigenvalue weighted by molar-refractivity contribution is 9.08. The van der Waals surface area contributed by atoms with Gasteiger partial charge in [-0.15, -0.1) is 0 Å². The van der Waals surface area contributed by atoms with Crippen LogP contribution in [0, 0.1) is 11.3 Å². The summed E-state index contributed by atoms with van der Waals surface area (Å²) >= 11 is 3.45. The van der Waals surface area contributed by atoms with E-state index in [1.165, 1.54) is 5.56 Å². The molecule has 106 valence electrons. The molecule has 0 N–H and O–H groups in total. The third-order valence-corrected chi connectivity index (χ3v) is 4.03. The number of Topliss-reactive ketones (excluding diaryl/α,β-unsaturated/α-hetero) is 1. The molecular weight excluding hydrogens is 326 g/mol. The Morgan fingerprint density at radius 2 is 1.71 bits per heavy atom. The van der Waals surface area contributed by atoms with Gasteiger partial charge in [0.15, 0.2) is 0 Å². The first kappa shape index (κ1) is 15.5. The molecule has 2 rings (SSSR count). The lowest BCUT2D eigenvalue weighted by Gasteiger charge is -2.06. The predicted molar refractivity (Wildman–Crippen MR) is 87.3 cm³/mol. The van der Waals surface area contributed by atoms with Crippen LogP contribution in [0.25, 0.3) is 0 Å². The monoisotopic (exact) mass is 341 g/mol. The molecule has 0 heterocycles. The largest absolute Gasteiger partial charge is 0.299 e. The van der Waals surface area contributed by atoms with Crippen molar-refractivity contribution >= 4 is 21.7 Å². The molecule has 0 saturated heterocycles. The van der Waals surface area contributed by atoms with Crippen LogP contribution in [0.3, 0.4) is 0 Å². The van der Waals surface area contributed by atoms with Crippen LogP contribution in [0.15, 0.2) is 48.5 Å². The van der Waals surface area contributed by atoms with Crippen molar-refractivity contribution in [2.75, 3.05) is 0 Å². The van der Waals surface area contributed by atoms with E-state index in [1.54, 1.807) is 12.1 Å². The van der Waals surface area contributed by atoms with Gasteiger partial charge in [-0.05, 0) is 35.2 Å². The maximum Gasteiger partial charge on any atom is 0.137 e. The van der Waals surface area contributed by atoms with Gasteiger partial charge in [0, 0.05) is 18.2 Å². The molecule has 2 aromatic carbocycles. The number of halogens is 1. The topological polar surface area (TPSA) is 40.9 Å².